The van der Waals surface area contributed by atoms with E-state index in [4.69, 9.17) is 10.00 Å². The Morgan fingerprint density at radius 1 is 1.38 bits per heavy atom. The SMILES string of the molecule is N#CCCCOc1ccccc1I. The molecule has 68 valence electrons. The molecular formula is C10H10INO. The maximum absolute atomic E-state index is 8.31. The highest BCUT2D eigenvalue weighted by molar-refractivity contribution is 14.1. The van der Waals surface area contributed by atoms with Crippen LogP contribution in [0.25, 0.3) is 0 Å². The number of hydrogen-bond acceptors (Lipinski definition) is 2. The van der Waals surface area contributed by atoms with Crippen LogP contribution in [0.1, 0.15) is 12.8 Å². The number of para-hydroxylation sites is 1. The van der Waals surface area contributed by atoms with Crippen molar-refractivity contribution in [3.63, 3.8) is 0 Å². The van der Waals surface area contributed by atoms with Gasteiger partial charge in [-0.15, -0.1) is 0 Å². The molecule has 0 spiro atoms. The van der Waals surface area contributed by atoms with Gasteiger partial charge in [-0.2, -0.15) is 5.26 Å². The summed E-state index contributed by atoms with van der Waals surface area (Å²) in [5.41, 5.74) is 0. The first-order valence-electron chi connectivity index (χ1n) is 4.09. The van der Waals surface area contributed by atoms with Gasteiger partial charge >= 0.3 is 0 Å². The van der Waals surface area contributed by atoms with Gasteiger partial charge in [0.25, 0.3) is 0 Å². The number of rotatable bonds is 4. The first kappa shape index (κ1) is 10.3. The minimum atomic E-state index is 0.559. The molecule has 0 N–H and O–H groups in total. The first-order valence-corrected chi connectivity index (χ1v) is 5.17. The normalized spacial score (nSPS) is 9.23. The smallest absolute Gasteiger partial charge is 0.132 e. The summed E-state index contributed by atoms with van der Waals surface area (Å²) >= 11 is 2.23. The molecule has 0 radical (unpaired) electrons. The summed E-state index contributed by atoms with van der Waals surface area (Å²) in [6.45, 7) is 0.619. The van der Waals surface area contributed by atoms with Crippen molar-refractivity contribution in [3.8, 4) is 11.8 Å². The lowest BCUT2D eigenvalue weighted by atomic mass is 10.3. The first-order chi connectivity index (χ1) is 6.34. The fraction of sp³-hybridized carbons (Fsp3) is 0.300. The summed E-state index contributed by atoms with van der Waals surface area (Å²) in [5.74, 6) is 0.904. The Morgan fingerprint density at radius 3 is 2.85 bits per heavy atom. The molecule has 1 aromatic rings. The molecule has 0 bridgehead atoms. The van der Waals surface area contributed by atoms with Crippen LogP contribution in [-0.4, -0.2) is 6.61 Å². The topological polar surface area (TPSA) is 33.0 Å². The molecule has 0 saturated heterocycles. The number of hydrogen-bond donors (Lipinski definition) is 0. The molecule has 0 aliphatic heterocycles. The van der Waals surface area contributed by atoms with Crippen LogP contribution >= 0.6 is 22.6 Å². The molecule has 0 heterocycles. The van der Waals surface area contributed by atoms with Crippen molar-refractivity contribution in [2.75, 3.05) is 6.61 Å². The highest BCUT2D eigenvalue weighted by Gasteiger charge is 1.97. The van der Waals surface area contributed by atoms with Crippen LogP contribution in [0.15, 0.2) is 24.3 Å². The van der Waals surface area contributed by atoms with Gasteiger partial charge in [0.15, 0.2) is 0 Å². The predicted octanol–water partition coefficient (Wildman–Crippen LogP) is 2.97. The molecule has 13 heavy (non-hydrogen) atoms. The summed E-state index contributed by atoms with van der Waals surface area (Å²) < 4.78 is 6.59. The second-order valence-corrected chi connectivity index (χ2v) is 3.70. The third-order valence-corrected chi connectivity index (χ3v) is 2.42. The number of nitrogens with zero attached hydrogens (tertiary/aromatic N) is 1. The molecule has 0 aliphatic carbocycles. The minimum Gasteiger partial charge on any atom is -0.492 e. The molecule has 0 amide bonds. The van der Waals surface area contributed by atoms with E-state index in [0.29, 0.717) is 13.0 Å². The van der Waals surface area contributed by atoms with Crippen LogP contribution in [0.5, 0.6) is 5.75 Å². The van der Waals surface area contributed by atoms with Crippen molar-refractivity contribution in [1.29, 1.82) is 5.26 Å². The fourth-order valence-corrected chi connectivity index (χ4v) is 1.44. The average molecular weight is 287 g/mol. The van der Waals surface area contributed by atoms with E-state index in [1.54, 1.807) is 0 Å². The molecule has 0 aliphatic rings. The highest BCUT2D eigenvalue weighted by atomic mass is 127. The molecule has 0 unspecified atom stereocenters. The highest BCUT2D eigenvalue weighted by Crippen LogP contribution is 2.19. The van der Waals surface area contributed by atoms with Gasteiger partial charge < -0.3 is 4.74 Å². The van der Waals surface area contributed by atoms with Crippen molar-refractivity contribution in [2.24, 2.45) is 0 Å². The number of unbranched alkanes of at least 4 members (excludes halogenated alkanes) is 1. The molecule has 0 saturated carbocycles. The van der Waals surface area contributed by atoms with E-state index in [-0.39, 0.29) is 0 Å². The summed E-state index contributed by atoms with van der Waals surface area (Å²) in [6.07, 6.45) is 1.35. The predicted molar refractivity (Wildman–Crippen MR) is 59.5 cm³/mol. The fourth-order valence-electron chi connectivity index (χ4n) is 0.895. The van der Waals surface area contributed by atoms with Crippen LogP contribution in [0.2, 0.25) is 0 Å². The zero-order valence-electron chi connectivity index (χ0n) is 7.16. The van der Waals surface area contributed by atoms with Crippen molar-refractivity contribution in [1.82, 2.24) is 0 Å². The van der Waals surface area contributed by atoms with Crippen molar-refractivity contribution < 1.29 is 4.74 Å². The quantitative estimate of drug-likeness (QED) is 0.630. The lowest BCUT2D eigenvalue weighted by molar-refractivity contribution is 0.310. The molecule has 0 fully saturated rings. The Hall–Kier alpha value is -0.760. The Bertz CT molecular complexity index is 306. The summed E-state index contributed by atoms with van der Waals surface area (Å²) in [4.78, 5) is 0. The Balaban J connectivity index is 2.37. The van der Waals surface area contributed by atoms with Gasteiger partial charge in [0, 0.05) is 6.42 Å². The monoisotopic (exact) mass is 287 g/mol. The zero-order valence-corrected chi connectivity index (χ0v) is 9.32. The van der Waals surface area contributed by atoms with Gasteiger partial charge in [0.2, 0.25) is 0 Å². The number of nitriles is 1. The maximum atomic E-state index is 8.31. The molecule has 0 atom stereocenters. The molecule has 3 heteroatoms. The van der Waals surface area contributed by atoms with E-state index in [2.05, 4.69) is 28.7 Å². The molecule has 2 nitrogen and oxygen atoms in total. The lowest BCUT2D eigenvalue weighted by Gasteiger charge is -2.05. The van der Waals surface area contributed by atoms with Crippen molar-refractivity contribution in [3.05, 3.63) is 27.8 Å². The van der Waals surface area contributed by atoms with Gasteiger partial charge in [-0.05, 0) is 41.1 Å². The van der Waals surface area contributed by atoms with Crippen LogP contribution in [0.4, 0.5) is 0 Å². The van der Waals surface area contributed by atoms with Crippen LogP contribution in [0, 0.1) is 14.9 Å². The third-order valence-electron chi connectivity index (χ3n) is 1.53. The molecule has 0 aromatic heterocycles. The number of ether oxygens (including phenoxy) is 1. The summed E-state index contributed by atoms with van der Waals surface area (Å²) in [6, 6.07) is 9.95. The van der Waals surface area contributed by atoms with Gasteiger partial charge in [0.05, 0.1) is 16.2 Å². The molecule has 1 rings (SSSR count). The van der Waals surface area contributed by atoms with Gasteiger partial charge in [-0.25, -0.2) is 0 Å². The summed E-state index contributed by atoms with van der Waals surface area (Å²) in [5, 5.41) is 8.31. The number of benzene rings is 1. The lowest BCUT2D eigenvalue weighted by Crippen LogP contribution is -1.97. The van der Waals surface area contributed by atoms with Crippen molar-refractivity contribution in [2.45, 2.75) is 12.8 Å². The van der Waals surface area contributed by atoms with E-state index in [9.17, 15) is 0 Å². The second kappa shape index (κ2) is 5.81. The van der Waals surface area contributed by atoms with Crippen LogP contribution in [0.3, 0.4) is 0 Å². The number of halogens is 1. The zero-order chi connectivity index (χ0) is 9.52. The molecular weight excluding hydrogens is 277 g/mol. The van der Waals surface area contributed by atoms with Gasteiger partial charge in [-0.1, -0.05) is 12.1 Å². The Kier molecular flexibility index (Phi) is 4.61. The van der Waals surface area contributed by atoms with E-state index in [1.165, 1.54) is 0 Å². The third kappa shape index (κ3) is 3.64. The van der Waals surface area contributed by atoms with Gasteiger partial charge in [0.1, 0.15) is 5.75 Å². The van der Waals surface area contributed by atoms with Gasteiger partial charge in [-0.3, -0.25) is 0 Å². The average Bonchev–Trinajstić information content (AvgIpc) is 2.15. The Labute approximate surface area is 91.7 Å². The van der Waals surface area contributed by atoms with E-state index >= 15 is 0 Å². The van der Waals surface area contributed by atoms with Crippen LogP contribution in [-0.2, 0) is 0 Å². The maximum Gasteiger partial charge on any atom is 0.132 e. The van der Waals surface area contributed by atoms with Crippen LogP contribution < -0.4 is 4.74 Å². The largest absolute Gasteiger partial charge is 0.492 e. The minimum absolute atomic E-state index is 0.559. The standard InChI is InChI=1S/C10H10INO/c11-9-5-1-2-6-10(9)13-8-4-3-7-12/h1-2,5-6H,3-4,8H2. The summed E-state index contributed by atoms with van der Waals surface area (Å²) in [7, 11) is 0. The Morgan fingerprint density at radius 2 is 2.15 bits per heavy atom. The van der Waals surface area contributed by atoms with E-state index in [0.717, 1.165) is 15.7 Å². The van der Waals surface area contributed by atoms with Crippen molar-refractivity contribution >= 4 is 22.6 Å². The van der Waals surface area contributed by atoms with E-state index in [1.807, 2.05) is 24.3 Å². The molecule has 1 aromatic carbocycles. The van der Waals surface area contributed by atoms with E-state index < -0.39 is 0 Å². The second-order valence-electron chi connectivity index (χ2n) is 2.54.